The van der Waals surface area contributed by atoms with Crippen LogP contribution in [-0.2, 0) is 6.61 Å². The van der Waals surface area contributed by atoms with Crippen LogP contribution in [-0.4, -0.2) is 33.4 Å². The van der Waals surface area contributed by atoms with Gasteiger partial charge in [0.05, 0.1) is 6.20 Å². The molecule has 0 amide bonds. The average Bonchev–Trinajstić information content (AvgIpc) is 3.29. The molecule has 1 fully saturated rings. The second-order valence-corrected chi connectivity index (χ2v) is 8.40. The summed E-state index contributed by atoms with van der Waals surface area (Å²) in [5.41, 5.74) is 4.56. The lowest BCUT2D eigenvalue weighted by atomic mass is 9.98. The van der Waals surface area contributed by atoms with E-state index in [-0.39, 0.29) is 6.10 Å². The predicted octanol–water partition coefficient (Wildman–Crippen LogP) is 4.00. The molecule has 0 bridgehead atoms. The largest absolute Gasteiger partial charge is 0.472 e. The van der Waals surface area contributed by atoms with E-state index in [4.69, 9.17) is 9.47 Å². The fourth-order valence-electron chi connectivity index (χ4n) is 4.02. The third-order valence-corrected chi connectivity index (χ3v) is 6.15. The molecule has 5 rings (SSSR count). The summed E-state index contributed by atoms with van der Waals surface area (Å²) < 4.78 is 12.1. The maximum absolute atomic E-state index is 6.22. The Hall–Kier alpha value is -2.38. The average molecular weight is 382 g/mol. The predicted molar refractivity (Wildman–Crippen MR) is 105 cm³/mol. The molecule has 0 radical (unpaired) electrons. The van der Waals surface area contributed by atoms with Crippen LogP contribution in [0.15, 0.2) is 30.6 Å². The molecule has 4 heterocycles. The van der Waals surface area contributed by atoms with E-state index in [2.05, 4.69) is 52.5 Å². The monoisotopic (exact) mass is 382 g/mol. The number of H-pyrrole nitrogens is 1. The molecule has 0 saturated carbocycles. The number of nitrogens with one attached hydrogen (secondary N) is 2. The zero-order chi connectivity index (χ0) is 18.4. The van der Waals surface area contributed by atoms with Gasteiger partial charge in [-0.3, -0.25) is 5.10 Å². The van der Waals surface area contributed by atoms with Crippen LogP contribution in [0.4, 0.5) is 0 Å². The van der Waals surface area contributed by atoms with Crippen molar-refractivity contribution in [3.05, 3.63) is 36.2 Å². The highest BCUT2D eigenvalue weighted by Gasteiger charge is 2.28. The highest BCUT2D eigenvalue weighted by Crippen LogP contribution is 2.45. The van der Waals surface area contributed by atoms with Crippen LogP contribution in [0.3, 0.4) is 0 Å². The standard InChI is InChI=1S/C20H22N4O2S/c1-11-5-16(6-12(2)23-11)26-20-24-19-18(27-20)17-4-3-13(7-14(17)10-25-19)15-8-21-22-9-15/h3-4,7-9,11-12,16,23H,5-6,10H2,1-2H3,(H,21,22)/t11-,12-/m0/s1. The number of aromatic nitrogens is 3. The van der Waals surface area contributed by atoms with Gasteiger partial charge in [-0.2, -0.15) is 10.1 Å². The number of fused-ring (bicyclic) bond motifs is 3. The SMILES string of the molecule is C[C@H]1CC(Oc2nc3c(s2)-c2ccc(-c4cn[nH]c4)cc2CO3)C[C@H](C)N1. The summed E-state index contributed by atoms with van der Waals surface area (Å²) in [7, 11) is 0. The summed E-state index contributed by atoms with van der Waals surface area (Å²) in [5.74, 6) is 0.689. The summed E-state index contributed by atoms with van der Waals surface area (Å²) in [6.45, 7) is 4.93. The number of hydrogen-bond donors (Lipinski definition) is 2. The fraction of sp³-hybridized carbons (Fsp3) is 0.400. The minimum Gasteiger partial charge on any atom is -0.472 e. The molecule has 1 saturated heterocycles. The van der Waals surface area contributed by atoms with Gasteiger partial charge in [0.1, 0.15) is 17.6 Å². The molecular formula is C20H22N4O2S. The highest BCUT2D eigenvalue weighted by molar-refractivity contribution is 7.17. The highest BCUT2D eigenvalue weighted by atomic mass is 32.1. The molecule has 2 aromatic heterocycles. The first-order chi connectivity index (χ1) is 13.2. The lowest BCUT2D eigenvalue weighted by Crippen LogP contribution is -2.46. The van der Waals surface area contributed by atoms with Crippen LogP contribution < -0.4 is 14.8 Å². The van der Waals surface area contributed by atoms with E-state index in [1.807, 2.05) is 12.4 Å². The van der Waals surface area contributed by atoms with E-state index in [1.165, 1.54) is 11.1 Å². The molecule has 7 heteroatoms. The Labute approximate surface area is 161 Å². The van der Waals surface area contributed by atoms with Crippen molar-refractivity contribution in [1.29, 1.82) is 0 Å². The van der Waals surface area contributed by atoms with Gasteiger partial charge < -0.3 is 14.8 Å². The van der Waals surface area contributed by atoms with Crippen LogP contribution in [0.25, 0.3) is 21.6 Å². The van der Waals surface area contributed by atoms with Gasteiger partial charge in [-0.05, 0) is 43.9 Å². The summed E-state index contributed by atoms with van der Waals surface area (Å²) in [6.07, 6.45) is 5.93. The van der Waals surface area contributed by atoms with Crippen molar-refractivity contribution in [3.63, 3.8) is 0 Å². The van der Waals surface area contributed by atoms with Crippen molar-refractivity contribution in [2.75, 3.05) is 0 Å². The van der Waals surface area contributed by atoms with Crippen molar-refractivity contribution in [2.24, 2.45) is 0 Å². The summed E-state index contributed by atoms with van der Waals surface area (Å²) in [4.78, 5) is 5.66. The lowest BCUT2D eigenvalue weighted by molar-refractivity contribution is 0.122. The van der Waals surface area contributed by atoms with Gasteiger partial charge in [0, 0.05) is 29.4 Å². The summed E-state index contributed by atoms with van der Waals surface area (Å²) >= 11 is 1.58. The van der Waals surface area contributed by atoms with E-state index < -0.39 is 0 Å². The van der Waals surface area contributed by atoms with Gasteiger partial charge in [0.15, 0.2) is 0 Å². The minimum atomic E-state index is 0.201. The minimum absolute atomic E-state index is 0.201. The molecule has 2 aliphatic heterocycles. The first-order valence-corrected chi connectivity index (χ1v) is 10.2. The Bertz CT molecular complexity index is 943. The molecule has 2 N–H and O–H groups in total. The third-order valence-electron chi connectivity index (χ3n) is 5.19. The number of ether oxygens (including phenoxy) is 2. The van der Waals surface area contributed by atoms with Crippen molar-refractivity contribution in [2.45, 2.75) is 51.5 Å². The molecule has 27 heavy (non-hydrogen) atoms. The molecule has 0 spiro atoms. The van der Waals surface area contributed by atoms with Crippen molar-refractivity contribution in [3.8, 4) is 32.6 Å². The Morgan fingerprint density at radius 3 is 2.81 bits per heavy atom. The normalized spacial score (nSPS) is 24.0. The van der Waals surface area contributed by atoms with Crippen LogP contribution in [0.5, 0.6) is 11.1 Å². The summed E-state index contributed by atoms with van der Waals surface area (Å²) in [6, 6.07) is 7.36. The second kappa shape index (κ2) is 6.65. The Morgan fingerprint density at radius 2 is 2.04 bits per heavy atom. The molecule has 3 aromatic rings. The van der Waals surface area contributed by atoms with Gasteiger partial charge in [-0.15, -0.1) is 0 Å². The topological polar surface area (TPSA) is 72.1 Å². The lowest BCUT2D eigenvalue weighted by Gasteiger charge is -2.32. The van der Waals surface area contributed by atoms with E-state index in [0.29, 0.717) is 29.8 Å². The second-order valence-electron chi connectivity index (χ2n) is 7.44. The van der Waals surface area contributed by atoms with E-state index in [1.54, 1.807) is 11.3 Å². The number of rotatable bonds is 3. The first kappa shape index (κ1) is 16.8. The van der Waals surface area contributed by atoms with Gasteiger partial charge in [0.25, 0.3) is 5.19 Å². The van der Waals surface area contributed by atoms with Gasteiger partial charge in [-0.25, -0.2) is 0 Å². The zero-order valence-corrected chi connectivity index (χ0v) is 16.2. The van der Waals surface area contributed by atoms with Crippen LogP contribution in [0, 0.1) is 0 Å². The van der Waals surface area contributed by atoms with E-state index >= 15 is 0 Å². The van der Waals surface area contributed by atoms with Gasteiger partial charge in [-0.1, -0.05) is 23.5 Å². The number of hydrogen-bond acceptors (Lipinski definition) is 6. The van der Waals surface area contributed by atoms with Crippen molar-refractivity contribution in [1.82, 2.24) is 20.5 Å². The van der Waals surface area contributed by atoms with Crippen LogP contribution in [0.1, 0.15) is 32.3 Å². The third kappa shape index (κ3) is 3.21. The number of benzene rings is 1. The van der Waals surface area contributed by atoms with Gasteiger partial charge >= 0.3 is 0 Å². The molecule has 6 nitrogen and oxygen atoms in total. The van der Waals surface area contributed by atoms with Crippen LogP contribution >= 0.6 is 11.3 Å². The molecule has 1 aromatic carbocycles. The van der Waals surface area contributed by atoms with E-state index in [0.717, 1.165) is 28.8 Å². The van der Waals surface area contributed by atoms with Crippen molar-refractivity contribution >= 4 is 11.3 Å². The quantitative estimate of drug-likeness (QED) is 0.716. The Balaban J connectivity index is 1.41. The molecule has 0 aliphatic carbocycles. The first-order valence-electron chi connectivity index (χ1n) is 9.34. The maximum Gasteiger partial charge on any atom is 0.277 e. The van der Waals surface area contributed by atoms with E-state index in [9.17, 15) is 0 Å². The Kier molecular flexibility index (Phi) is 4.13. The van der Waals surface area contributed by atoms with Crippen molar-refractivity contribution < 1.29 is 9.47 Å². The number of nitrogens with zero attached hydrogens (tertiary/aromatic N) is 2. The smallest absolute Gasteiger partial charge is 0.277 e. The summed E-state index contributed by atoms with van der Waals surface area (Å²) in [5, 5.41) is 11.1. The molecular weight excluding hydrogens is 360 g/mol. The fourth-order valence-corrected chi connectivity index (χ4v) is 5.01. The number of thiazole rings is 1. The van der Waals surface area contributed by atoms with Gasteiger partial charge in [0.2, 0.25) is 5.88 Å². The molecule has 2 atom stereocenters. The molecule has 140 valence electrons. The molecule has 0 unspecified atom stereocenters. The molecule has 2 aliphatic rings. The maximum atomic E-state index is 6.22. The zero-order valence-electron chi connectivity index (χ0n) is 15.4. The number of piperidine rings is 1. The Morgan fingerprint density at radius 1 is 1.19 bits per heavy atom. The van der Waals surface area contributed by atoms with Crippen LogP contribution in [0.2, 0.25) is 0 Å². The number of aromatic amines is 1.